The third-order valence-electron chi connectivity index (χ3n) is 4.47. The number of nitrogens with zero attached hydrogens (tertiary/aromatic N) is 1. The first-order valence-corrected chi connectivity index (χ1v) is 7.82. The Bertz CT molecular complexity index is 568. The number of benzene rings is 1. The Labute approximate surface area is 135 Å². The minimum Gasteiger partial charge on any atom is -0.467 e. The number of amides is 1. The van der Waals surface area contributed by atoms with Crippen molar-refractivity contribution in [1.29, 1.82) is 0 Å². The van der Waals surface area contributed by atoms with Crippen molar-refractivity contribution >= 4 is 11.9 Å². The number of rotatable bonds is 3. The van der Waals surface area contributed by atoms with Crippen LogP contribution in [0.3, 0.4) is 0 Å². The van der Waals surface area contributed by atoms with E-state index < -0.39 is 17.7 Å². The smallest absolute Gasteiger partial charge is 0.331 e. The van der Waals surface area contributed by atoms with E-state index in [0.717, 1.165) is 5.56 Å². The summed E-state index contributed by atoms with van der Waals surface area (Å²) in [7, 11) is 1.33. The molecule has 3 rings (SSSR count). The van der Waals surface area contributed by atoms with Crippen LogP contribution >= 0.6 is 0 Å². The van der Waals surface area contributed by atoms with Crippen molar-refractivity contribution in [2.75, 3.05) is 26.9 Å². The van der Waals surface area contributed by atoms with Gasteiger partial charge in [-0.2, -0.15) is 0 Å². The van der Waals surface area contributed by atoms with E-state index in [1.54, 1.807) is 4.90 Å². The average Bonchev–Trinajstić information content (AvgIpc) is 2.94. The van der Waals surface area contributed by atoms with Crippen molar-refractivity contribution in [3.8, 4) is 0 Å². The number of methoxy groups -OCH3 is 1. The molecule has 2 saturated heterocycles. The van der Waals surface area contributed by atoms with Crippen molar-refractivity contribution in [2.45, 2.75) is 31.0 Å². The second-order valence-corrected chi connectivity index (χ2v) is 5.83. The van der Waals surface area contributed by atoms with Gasteiger partial charge in [-0.3, -0.25) is 9.69 Å². The Hall–Kier alpha value is -1.92. The molecule has 0 unspecified atom stereocenters. The van der Waals surface area contributed by atoms with Gasteiger partial charge in [-0.05, 0) is 5.56 Å². The lowest BCUT2D eigenvalue weighted by molar-refractivity contribution is -0.173. The molecule has 6 heteroatoms. The predicted molar refractivity (Wildman–Crippen MR) is 81.5 cm³/mol. The Morgan fingerprint density at radius 1 is 1.26 bits per heavy atom. The van der Waals surface area contributed by atoms with E-state index in [-0.39, 0.29) is 18.9 Å². The summed E-state index contributed by atoms with van der Waals surface area (Å²) >= 11 is 0. The number of hydrogen-bond donors (Lipinski definition) is 0. The maximum absolute atomic E-state index is 12.9. The van der Waals surface area contributed by atoms with Gasteiger partial charge in [-0.25, -0.2) is 4.79 Å². The summed E-state index contributed by atoms with van der Waals surface area (Å²) in [6, 6.07) is 8.81. The van der Waals surface area contributed by atoms with E-state index in [4.69, 9.17) is 14.2 Å². The lowest BCUT2D eigenvalue weighted by Crippen LogP contribution is -2.56. The van der Waals surface area contributed by atoms with Crippen LogP contribution in [0, 0.1) is 0 Å². The second-order valence-electron chi connectivity index (χ2n) is 5.83. The number of esters is 1. The van der Waals surface area contributed by atoms with Crippen LogP contribution in [0.1, 0.15) is 18.4 Å². The summed E-state index contributed by atoms with van der Waals surface area (Å²) in [5.74, 6) is -0.555. The minimum absolute atomic E-state index is 0.119. The molecule has 1 amide bonds. The zero-order valence-corrected chi connectivity index (χ0v) is 13.2. The molecule has 1 spiro atoms. The first-order chi connectivity index (χ1) is 11.2. The van der Waals surface area contributed by atoms with E-state index in [1.165, 1.54) is 7.11 Å². The van der Waals surface area contributed by atoms with Gasteiger partial charge in [-0.15, -0.1) is 0 Å². The molecule has 0 saturated carbocycles. The first-order valence-electron chi connectivity index (χ1n) is 7.82. The molecule has 2 fully saturated rings. The molecule has 0 bridgehead atoms. The summed E-state index contributed by atoms with van der Waals surface area (Å²) in [6.45, 7) is 1.21. The van der Waals surface area contributed by atoms with E-state index >= 15 is 0 Å². The number of carbonyl (C=O) groups is 2. The lowest BCUT2D eigenvalue weighted by atomic mass is 10.00. The molecule has 1 aromatic rings. The summed E-state index contributed by atoms with van der Waals surface area (Å²) in [5, 5.41) is 0. The number of ether oxygens (including phenoxy) is 3. The van der Waals surface area contributed by atoms with Crippen LogP contribution in [0.5, 0.6) is 0 Å². The standard InChI is InChI=1S/C17H21NO5/c1-21-16(20)14-12-23-17(7-9-22-10-8-17)18(14)15(19)11-13-5-3-2-4-6-13/h2-6,14H,7-12H2,1H3/t14-/m0/s1. The van der Waals surface area contributed by atoms with Crippen LogP contribution in [-0.2, 0) is 30.2 Å². The molecule has 1 atom stereocenters. The van der Waals surface area contributed by atoms with Crippen molar-refractivity contribution in [2.24, 2.45) is 0 Å². The first kappa shape index (κ1) is 16.0. The highest BCUT2D eigenvalue weighted by Crippen LogP contribution is 2.37. The van der Waals surface area contributed by atoms with Gasteiger partial charge in [0.2, 0.25) is 5.91 Å². The second kappa shape index (κ2) is 6.68. The fraction of sp³-hybridized carbons (Fsp3) is 0.529. The van der Waals surface area contributed by atoms with Crippen LogP contribution in [0.15, 0.2) is 30.3 Å². The van der Waals surface area contributed by atoms with Crippen molar-refractivity contribution in [3.05, 3.63) is 35.9 Å². The normalized spacial score (nSPS) is 23.0. The quantitative estimate of drug-likeness (QED) is 0.782. The van der Waals surface area contributed by atoms with Crippen LogP contribution in [0.25, 0.3) is 0 Å². The Balaban J connectivity index is 1.85. The monoisotopic (exact) mass is 319 g/mol. The van der Waals surface area contributed by atoms with E-state index in [9.17, 15) is 9.59 Å². The molecule has 0 aromatic heterocycles. The molecule has 2 aliphatic rings. The van der Waals surface area contributed by atoms with Crippen LogP contribution < -0.4 is 0 Å². The topological polar surface area (TPSA) is 65.1 Å². The van der Waals surface area contributed by atoms with Crippen molar-refractivity contribution < 1.29 is 23.8 Å². The zero-order valence-electron chi connectivity index (χ0n) is 13.2. The summed E-state index contributed by atoms with van der Waals surface area (Å²) in [5.41, 5.74) is 0.165. The number of hydrogen-bond acceptors (Lipinski definition) is 5. The average molecular weight is 319 g/mol. The van der Waals surface area contributed by atoms with Gasteiger partial charge < -0.3 is 14.2 Å². The van der Waals surface area contributed by atoms with Crippen LogP contribution in [0.4, 0.5) is 0 Å². The van der Waals surface area contributed by atoms with Crippen LogP contribution in [-0.4, -0.2) is 55.5 Å². The van der Waals surface area contributed by atoms with Gasteiger partial charge in [0.1, 0.15) is 5.72 Å². The molecular formula is C17H21NO5. The summed E-state index contributed by atoms with van der Waals surface area (Å²) in [4.78, 5) is 26.6. The SMILES string of the molecule is COC(=O)[C@@H]1COC2(CCOCC2)N1C(=O)Cc1ccccc1. The molecule has 0 aliphatic carbocycles. The molecule has 0 radical (unpaired) electrons. The fourth-order valence-electron chi connectivity index (χ4n) is 3.30. The van der Waals surface area contributed by atoms with Gasteiger partial charge >= 0.3 is 5.97 Å². The van der Waals surface area contributed by atoms with Crippen molar-refractivity contribution in [1.82, 2.24) is 4.90 Å². The highest BCUT2D eigenvalue weighted by atomic mass is 16.6. The van der Waals surface area contributed by atoms with E-state index in [0.29, 0.717) is 26.1 Å². The fourth-order valence-corrected chi connectivity index (χ4v) is 3.30. The van der Waals surface area contributed by atoms with Gasteiger partial charge in [-0.1, -0.05) is 30.3 Å². The maximum atomic E-state index is 12.9. The lowest BCUT2D eigenvalue weighted by Gasteiger charge is -2.41. The Morgan fingerprint density at radius 3 is 2.61 bits per heavy atom. The number of carbonyl (C=O) groups excluding carboxylic acids is 2. The molecule has 124 valence electrons. The highest BCUT2D eigenvalue weighted by Gasteiger charge is 2.53. The van der Waals surface area contributed by atoms with Gasteiger partial charge in [0, 0.05) is 12.8 Å². The Morgan fingerprint density at radius 2 is 1.96 bits per heavy atom. The minimum atomic E-state index is -0.747. The van der Waals surface area contributed by atoms with Gasteiger partial charge in [0.05, 0.1) is 33.4 Å². The highest BCUT2D eigenvalue weighted by molar-refractivity contribution is 5.87. The maximum Gasteiger partial charge on any atom is 0.331 e. The zero-order chi connectivity index (χ0) is 16.3. The van der Waals surface area contributed by atoms with Gasteiger partial charge in [0.15, 0.2) is 6.04 Å². The van der Waals surface area contributed by atoms with Gasteiger partial charge in [0.25, 0.3) is 0 Å². The third kappa shape index (κ3) is 3.09. The van der Waals surface area contributed by atoms with E-state index in [2.05, 4.69) is 0 Å². The molecule has 23 heavy (non-hydrogen) atoms. The molecule has 2 heterocycles. The molecule has 2 aliphatic heterocycles. The summed E-state index contributed by atoms with van der Waals surface area (Å²) < 4.78 is 16.2. The molecule has 1 aromatic carbocycles. The largest absolute Gasteiger partial charge is 0.467 e. The Kier molecular flexibility index (Phi) is 4.63. The van der Waals surface area contributed by atoms with Crippen LogP contribution in [0.2, 0.25) is 0 Å². The summed E-state index contributed by atoms with van der Waals surface area (Å²) in [6.07, 6.45) is 1.38. The predicted octanol–water partition coefficient (Wildman–Crippen LogP) is 1.14. The van der Waals surface area contributed by atoms with E-state index in [1.807, 2.05) is 30.3 Å². The van der Waals surface area contributed by atoms with Crippen molar-refractivity contribution in [3.63, 3.8) is 0 Å². The molecule has 6 nitrogen and oxygen atoms in total. The molecular weight excluding hydrogens is 298 g/mol. The third-order valence-corrected chi connectivity index (χ3v) is 4.47. The molecule has 0 N–H and O–H groups in total.